The Balaban J connectivity index is 2.39. The van der Waals surface area contributed by atoms with Crippen LogP contribution in [0.2, 0.25) is 0 Å². The number of rotatable bonds is 12. The molecule has 8 heteroatoms. The molecule has 1 N–H and O–H groups in total. The minimum Gasteiger partial charge on any atom is -0.354 e. The number of nitrogens with zero attached hydrogens (tertiary/aromatic N) is 2. The highest BCUT2D eigenvalue weighted by Gasteiger charge is 2.31. The number of amides is 2. The fourth-order valence-electron chi connectivity index (χ4n) is 3.92. The van der Waals surface area contributed by atoms with Gasteiger partial charge in [0, 0.05) is 13.1 Å². The Hall–Kier alpha value is -2.87. The van der Waals surface area contributed by atoms with E-state index in [9.17, 15) is 18.0 Å². The van der Waals surface area contributed by atoms with E-state index in [-0.39, 0.29) is 18.4 Å². The molecule has 0 aliphatic rings. The third-order valence-corrected chi connectivity index (χ3v) is 7.21. The molecule has 0 fully saturated rings. The van der Waals surface area contributed by atoms with E-state index in [1.807, 2.05) is 71.0 Å². The van der Waals surface area contributed by atoms with E-state index < -0.39 is 22.0 Å². The fourth-order valence-corrected chi connectivity index (χ4v) is 4.82. The lowest BCUT2D eigenvalue weighted by Gasteiger charge is -2.33. The summed E-state index contributed by atoms with van der Waals surface area (Å²) in [5.74, 6) is -0.353. The molecule has 0 radical (unpaired) electrons. The number of nitrogens with one attached hydrogen (secondary N) is 1. The Morgan fingerprint density at radius 3 is 2.23 bits per heavy atom. The second kappa shape index (κ2) is 12.7. The topological polar surface area (TPSA) is 86.8 Å². The largest absolute Gasteiger partial charge is 0.354 e. The van der Waals surface area contributed by atoms with Gasteiger partial charge in [-0.05, 0) is 55.4 Å². The number of sulfonamides is 1. The lowest BCUT2D eigenvalue weighted by Crippen LogP contribution is -2.53. The molecule has 1 atom stereocenters. The van der Waals surface area contributed by atoms with Crippen molar-refractivity contribution in [2.24, 2.45) is 5.92 Å². The first-order valence-corrected chi connectivity index (χ1v) is 14.0. The minimum atomic E-state index is -3.74. The van der Waals surface area contributed by atoms with E-state index in [1.54, 1.807) is 12.1 Å². The van der Waals surface area contributed by atoms with Crippen LogP contribution in [0.25, 0.3) is 0 Å². The average Bonchev–Trinajstić information content (AvgIpc) is 2.80. The third-order valence-electron chi connectivity index (χ3n) is 6.08. The molecule has 2 aromatic carbocycles. The van der Waals surface area contributed by atoms with Crippen LogP contribution in [-0.4, -0.2) is 57.1 Å². The quantitative estimate of drug-likeness (QED) is 0.481. The number of hydrogen-bond acceptors (Lipinski definition) is 4. The van der Waals surface area contributed by atoms with Crippen molar-refractivity contribution < 1.29 is 18.0 Å². The van der Waals surface area contributed by atoms with Crippen molar-refractivity contribution in [3.05, 3.63) is 65.2 Å². The van der Waals surface area contributed by atoms with Gasteiger partial charge in [-0.3, -0.25) is 13.9 Å². The molecule has 2 rings (SSSR count). The molecule has 192 valence electrons. The normalized spacial score (nSPS) is 12.3. The number of carbonyl (C=O) groups excluding carboxylic acids is 2. The summed E-state index contributed by atoms with van der Waals surface area (Å²) in [7, 11) is -3.74. The molecule has 2 aromatic rings. The van der Waals surface area contributed by atoms with Gasteiger partial charge in [-0.2, -0.15) is 0 Å². The van der Waals surface area contributed by atoms with Gasteiger partial charge in [0.2, 0.25) is 21.8 Å². The SMILES string of the molecule is CC[C@@H](C(=O)NCC(C)C)N(CCc1ccccc1)C(=O)CN(c1cccc(C)c1C)S(C)(=O)=O. The summed E-state index contributed by atoms with van der Waals surface area (Å²) in [5.41, 5.74) is 3.24. The Morgan fingerprint density at radius 2 is 1.66 bits per heavy atom. The Labute approximate surface area is 210 Å². The van der Waals surface area contributed by atoms with Gasteiger partial charge in [0.25, 0.3) is 0 Å². The van der Waals surface area contributed by atoms with E-state index in [0.717, 1.165) is 27.3 Å². The van der Waals surface area contributed by atoms with Gasteiger partial charge in [-0.15, -0.1) is 0 Å². The number of hydrogen-bond donors (Lipinski definition) is 1. The van der Waals surface area contributed by atoms with Gasteiger partial charge in [0.1, 0.15) is 12.6 Å². The van der Waals surface area contributed by atoms with Crippen molar-refractivity contribution in [2.45, 2.75) is 53.5 Å². The van der Waals surface area contributed by atoms with E-state index in [1.165, 1.54) is 4.90 Å². The Kier molecular flexibility index (Phi) is 10.3. The summed E-state index contributed by atoms with van der Waals surface area (Å²) in [4.78, 5) is 28.3. The molecule has 0 heterocycles. The first-order valence-electron chi connectivity index (χ1n) is 12.1. The van der Waals surface area contributed by atoms with Gasteiger partial charge < -0.3 is 10.2 Å². The zero-order valence-corrected chi connectivity index (χ0v) is 22.6. The first kappa shape index (κ1) is 28.4. The molecule has 0 bridgehead atoms. The summed E-state index contributed by atoms with van der Waals surface area (Å²) >= 11 is 0. The van der Waals surface area contributed by atoms with Crippen molar-refractivity contribution in [1.29, 1.82) is 0 Å². The summed E-state index contributed by atoms with van der Waals surface area (Å²) in [6, 6.07) is 14.4. The van der Waals surface area contributed by atoms with Crippen LogP contribution < -0.4 is 9.62 Å². The van der Waals surface area contributed by atoms with Crippen molar-refractivity contribution in [3.63, 3.8) is 0 Å². The van der Waals surface area contributed by atoms with Gasteiger partial charge in [-0.25, -0.2) is 8.42 Å². The zero-order chi connectivity index (χ0) is 26.2. The molecule has 0 aliphatic heterocycles. The molecule has 0 saturated carbocycles. The maximum atomic E-state index is 13.7. The smallest absolute Gasteiger partial charge is 0.244 e. The molecule has 0 spiro atoms. The molecule has 7 nitrogen and oxygen atoms in total. The van der Waals surface area contributed by atoms with Crippen LogP contribution in [0.1, 0.15) is 43.9 Å². The standard InChI is InChI=1S/C27H39N3O4S/c1-7-24(27(32)28-18-20(2)3)29(17-16-23-13-9-8-10-14-23)26(31)19-30(35(6,33)34)25-15-11-12-21(4)22(25)5/h8-15,20,24H,7,16-19H2,1-6H3,(H,28,32)/t24-/m0/s1. The third kappa shape index (κ3) is 8.09. The number of carbonyl (C=O) groups is 2. The van der Waals surface area contributed by atoms with E-state index in [0.29, 0.717) is 31.6 Å². The molecule has 35 heavy (non-hydrogen) atoms. The molecule has 0 saturated heterocycles. The minimum absolute atomic E-state index is 0.222. The first-order chi connectivity index (χ1) is 16.5. The summed E-state index contributed by atoms with van der Waals surface area (Å²) in [5, 5.41) is 2.93. The zero-order valence-electron chi connectivity index (χ0n) is 21.7. The lowest BCUT2D eigenvalue weighted by molar-refractivity contribution is -0.139. The van der Waals surface area contributed by atoms with Crippen molar-refractivity contribution in [3.8, 4) is 0 Å². The van der Waals surface area contributed by atoms with Crippen LogP contribution in [0, 0.1) is 19.8 Å². The predicted octanol–water partition coefficient (Wildman–Crippen LogP) is 3.69. The molecule has 0 unspecified atom stereocenters. The molecule has 0 aliphatic carbocycles. The number of aryl methyl sites for hydroxylation is 1. The van der Waals surface area contributed by atoms with Gasteiger partial charge >= 0.3 is 0 Å². The Bertz CT molecular complexity index is 1100. The van der Waals surface area contributed by atoms with Crippen LogP contribution in [-0.2, 0) is 26.0 Å². The van der Waals surface area contributed by atoms with E-state index >= 15 is 0 Å². The predicted molar refractivity (Wildman–Crippen MR) is 142 cm³/mol. The second-order valence-corrected chi connectivity index (χ2v) is 11.3. The Morgan fingerprint density at radius 1 is 1.00 bits per heavy atom. The van der Waals surface area contributed by atoms with Crippen LogP contribution in [0.5, 0.6) is 0 Å². The molecular weight excluding hydrogens is 462 g/mol. The number of anilines is 1. The van der Waals surface area contributed by atoms with Crippen molar-refractivity contribution in [1.82, 2.24) is 10.2 Å². The highest BCUT2D eigenvalue weighted by Crippen LogP contribution is 2.25. The lowest BCUT2D eigenvalue weighted by atomic mass is 10.1. The fraction of sp³-hybridized carbons (Fsp3) is 0.481. The van der Waals surface area contributed by atoms with Crippen LogP contribution in [0.15, 0.2) is 48.5 Å². The van der Waals surface area contributed by atoms with Crippen LogP contribution >= 0.6 is 0 Å². The van der Waals surface area contributed by atoms with Crippen LogP contribution in [0.4, 0.5) is 5.69 Å². The molecule has 0 aromatic heterocycles. The monoisotopic (exact) mass is 501 g/mol. The van der Waals surface area contributed by atoms with Crippen LogP contribution in [0.3, 0.4) is 0 Å². The summed E-state index contributed by atoms with van der Waals surface area (Å²) in [6.45, 7) is 10.1. The molecule has 2 amide bonds. The highest BCUT2D eigenvalue weighted by molar-refractivity contribution is 7.92. The number of benzene rings is 2. The maximum absolute atomic E-state index is 13.7. The van der Waals surface area contributed by atoms with Gasteiger partial charge in [0.05, 0.1) is 11.9 Å². The van der Waals surface area contributed by atoms with E-state index in [2.05, 4.69) is 5.32 Å². The van der Waals surface area contributed by atoms with Crippen molar-refractivity contribution in [2.75, 3.05) is 30.2 Å². The second-order valence-electron chi connectivity index (χ2n) is 9.37. The maximum Gasteiger partial charge on any atom is 0.244 e. The van der Waals surface area contributed by atoms with Crippen molar-refractivity contribution >= 4 is 27.5 Å². The summed E-state index contributed by atoms with van der Waals surface area (Å²) < 4.78 is 26.7. The van der Waals surface area contributed by atoms with Gasteiger partial charge in [-0.1, -0.05) is 63.2 Å². The summed E-state index contributed by atoms with van der Waals surface area (Å²) in [6.07, 6.45) is 2.08. The van der Waals surface area contributed by atoms with E-state index in [4.69, 9.17) is 0 Å². The highest BCUT2D eigenvalue weighted by atomic mass is 32.2. The molecular formula is C27H39N3O4S. The van der Waals surface area contributed by atoms with Gasteiger partial charge in [0.15, 0.2) is 0 Å². The average molecular weight is 502 g/mol.